The smallest absolute Gasteiger partial charge is 0.111 e. The molecule has 3 nitrogen and oxygen atoms in total. The minimum atomic E-state index is 0.677. The lowest BCUT2D eigenvalue weighted by atomic mass is 10.0. The Bertz CT molecular complexity index is 862. The molecule has 2 aromatic heterocycles. The Morgan fingerprint density at radius 3 is 2.86 bits per heavy atom. The molecule has 22 heavy (non-hydrogen) atoms. The molecule has 0 aliphatic heterocycles. The highest BCUT2D eigenvalue weighted by molar-refractivity contribution is 6.31. The average molecular weight is 312 g/mol. The summed E-state index contributed by atoms with van der Waals surface area (Å²) in [4.78, 5) is 4.52. The number of pyridine rings is 1. The molecule has 0 unspecified atom stereocenters. The number of benzene rings is 1. The van der Waals surface area contributed by atoms with Gasteiger partial charge in [0.2, 0.25) is 0 Å². The molecule has 1 aromatic carbocycles. The predicted molar refractivity (Wildman–Crippen MR) is 89.5 cm³/mol. The van der Waals surface area contributed by atoms with Gasteiger partial charge in [-0.3, -0.25) is 9.67 Å². The van der Waals surface area contributed by atoms with E-state index in [0.717, 1.165) is 27.3 Å². The van der Waals surface area contributed by atoms with Crippen LogP contribution in [0.3, 0.4) is 0 Å². The first-order valence-corrected chi connectivity index (χ1v) is 8.08. The van der Waals surface area contributed by atoms with Gasteiger partial charge in [-0.05, 0) is 61.4 Å². The summed E-state index contributed by atoms with van der Waals surface area (Å²) in [5.41, 5.74) is 6.77. The van der Waals surface area contributed by atoms with Crippen LogP contribution in [0.1, 0.15) is 41.1 Å². The van der Waals surface area contributed by atoms with Gasteiger partial charge in [0, 0.05) is 11.2 Å². The lowest BCUT2D eigenvalue weighted by Gasteiger charge is -2.12. The highest BCUT2D eigenvalue weighted by Gasteiger charge is 2.27. The van der Waals surface area contributed by atoms with Crippen molar-refractivity contribution in [2.45, 2.75) is 39.2 Å². The highest BCUT2D eigenvalue weighted by Crippen LogP contribution is 2.43. The van der Waals surface area contributed by atoms with Crippen molar-refractivity contribution in [3.05, 3.63) is 57.9 Å². The summed E-state index contributed by atoms with van der Waals surface area (Å²) in [6.45, 7) is 4.78. The summed E-state index contributed by atoms with van der Waals surface area (Å²) in [5.74, 6) is 0.677. The van der Waals surface area contributed by atoms with E-state index in [1.165, 1.54) is 24.0 Å². The van der Waals surface area contributed by atoms with Crippen LogP contribution < -0.4 is 0 Å². The van der Waals surface area contributed by atoms with Crippen molar-refractivity contribution in [1.82, 2.24) is 14.8 Å². The molecular formula is C18H18ClN3. The van der Waals surface area contributed by atoms with Gasteiger partial charge in [0.25, 0.3) is 0 Å². The fourth-order valence-electron chi connectivity index (χ4n) is 3.10. The summed E-state index contributed by atoms with van der Waals surface area (Å²) >= 11 is 6.48. The zero-order valence-corrected chi connectivity index (χ0v) is 13.6. The number of hydrogen-bond acceptors (Lipinski definition) is 2. The Morgan fingerprint density at radius 2 is 2.09 bits per heavy atom. The minimum Gasteiger partial charge on any atom is -0.258 e. The maximum atomic E-state index is 6.48. The van der Waals surface area contributed by atoms with Gasteiger partial charge < -0.3 is 0 Å². The SMILES string of the molecule is Cc1cnc2c(C)nn(Cc3c(Cl)cccc3C3CC3)c2c1. The van der Waals surface area contributed by atoms with Gasteiger partial charge in [0.15, 0.2) is 0 Å². The van der Waals surface area contributed by atoms with E-state index in [0.29, 0.717) is 12.5 Å². The number of nitrogens with zero attached hydrogens (tertiary/aromatic N) is 3. The van der Waals surface area contributed by atoms with E-state index in [9.17, 15) is 0 Å². The topological polar surface area (TPSA) is 30.7 Å². The molecular weight excluding hydrogens is 294 g/mol. The first-order valence-electron chi connectivity index (χ1n) is 7.70. The molecule has 0 spiro atoms. The largest absolute Gasteiger partial charge is 0.258 e. The van der Waals surface area contributed by atoms with Crippen LogP contribution in [-0.2, 0) is 6.54 Å². The first-order chi connectivity index (χ1) is 10.6. The second-order valence-corrected chi connectivity index (χ2v) is 6.61. The summed E-state index contributed by atoms with van der Waals surface area (Å²) in [6, 6.07) is 8.39. The molecule has 3 aromatic rings. The third-order valence-corrected chi connectivity index (χ3v) is 4.73. The Labute approximate surface area is 134 Å². The highest BCUT2D eigenvalue weighted by atomic mass is 35.5. The third-order valence-electron chi connectivity index (χ3n) is 4.38. The van der Waals surface area contributed by atoms with Crippen molar-refractivity contribution in [3.8, 4) is 0 Å². The van der Waals surface area contributed by atoms with Gasteiger partial charge in [0.1, 0.15) is 5.52 Å². The summed E-state index contributed by atoms with van der Waals surface area (Å²) in [7, 11) is 0. The fourth-order valence-corrected chi connectivity index (χ4v) is 3.34. The van der Waals surface area contributed by atoms with E-state index in [-0.39, 0.29) is 0 Å². The van der Waals surface area contributed by atoms with Gasteiger partial charge in [-0.2, -0.15) is 5.10 Å². The van der Waals surface area contributed by atoms with Gasteiger partial charge in [-0.25, -0.2) is 0 Å². The van der Waals surface area contributed by atoms with Crippen LogP contribution in [0.15, 0.2) is 30.5 Å². The Morgan fingerprint density at radius 1 is 1.27 bits per heavy atom. The zero-order chi connectivity index (χ0) is 15.3. The van der Waals surface area contributed by atoms with Crippen LogP contribution in [0, 0.1) is 13.8 Å². The number of aromatic nitrogens is 3. The molecule has 0 amide bonds. The zero-order valence-electron chi connectivity index (χ0n) is 12.8. The first kappa shape index (κ1) is 13.8. The average Bonchev–Trinajstić information content (AvgIpc) is 3.28. The molecule has 4 heteroatoms. The molecule has 0 bridgehead atoms. The molecule has 0 saturated heterocycles. The summed E-state index contributed by atoms with van der Waals surface area (Å²) in [5, 5.41) is 5.52. The Kier molecular flexibility index (Phi) is 3.19. The van der Waals surface area contributed by atoms with Gasteiger partial charge in [0.05, 0.1) is 17.8 Å². The second kappa shape index (κ2) is 5.10. The Balaban J connectivity index is 1.83. The van der Waals surface area contributed by atoms with Crippen LogP contribution in [0.5, 0.6) is 0 Å². The van der Waals surface area contributed by atoms with Crippen LogP contribution in [0.2, 0.25) is 5.02 Å². The van der Waals surface area contributed by atoms with Crippen molar-refractivity contribution < 1.29 is 0 Å². The van der Waals surface area contributed by atoms with Crippen molar-refractivity contribution in [3.63, 3.8) is 0 Å². The van der Waals surface area contributed by atoms with Crippen LogP contribution in [0.25, 0.3) is 11.0 Å². The summed E-state index contributed by atoms with van der Waals surface area (Å²) in [6.07, 6.45) is 4.44. The molecule has 2 heterocycles. The number of hydrogen-bond donors (Lipinski definition) is 0. The quantitative estimate of drug-likeness (QED) is 0.706. The number of rotatable bonds is 3. The van der Waals surface area contributed by atoms with Crippen molar-refractivity contribution in [2.75, 3.05) is 0 Å². The molecule has 0 atom stereocenters. The van der Waals surface area contributed by atoms with Crippen molar-refractivity contribution >= 4 is 22.6 Å². The van der Waals surface area contributed by atoms with E-state index >= 15 is 0 Å². The van der Waals surface area contributed by atoms with Crippen molar-refractivity contribution in [1.29, 1.82) is 0 Å². The van der Waals surface area contributed by atoms with Crippen LogP contribution >= 0.6 is 11.6 Å². The maximum absolute atomic E-state index is 6.48. The molecule has 1 saturated carbocycles. The third kappa shape index (κ3) is 2.30. The van der Waals surface area contributed by atoms with Crippen molar-refractivity contribution in [2.24, 2.45) is 0 Å². The normalized spacial score (nSPS) is 14.7. The molecule has 1 aliphatic carbocycles. The monoisotopic (exact) mass is 311 g/mol. The predicted octanol–water partition coefficient (Wildman–Crippen LogP) is 4.63. The molecule has 0 N–H and O–H groups in total. The Hall–Kier alpha value is -1.87. The molecule has 0 radical (unpaired) electrons. The maximum Gasteiger partial charge on any atom is 0.111 e. The number of halogens is 1. The van der Waals surface area contributed by atoms with E-state index in [1.54, 1.807) is 0 Å². The van der Waals surface area contributed by atoms with Crippen LogP contribution in [-0.4, -0.2) is 14.8 Å². The van der Waals surface area contributed by atoms with Gasteiger partial charge >= 0.3 is 0 Å². The molecule has 112 valence electrons. The van der Waals surface area contributed by atoms with E-state index in [4.69, 9.17) is 11.6 Å². The molecule has 1 aliphatic rings. The second-order valence-electron chi connectivity index (χ2n) is 6.21. The van der Waals surface area contributed by atoms with E-state index in [2.05, 4.69) is 35.2 Å². The van der Waals surface area contributed by atoms with Gasteiger partial charge in [-0.15, -0.1) is 0 Å². The lowest BCUT2D eigenvalue weighted by Crippen LogP contribution is -2.05. The lowest BCUT2D eigenvalue weighted by molar-refractivity contribution is 0.697. The van der Waals surface area contributed by atoms with E-state index in [1.807, 2.05) is 23.9 Å². The van der Waals surface area contributed by atoms with Gasteiger partial charge in [-0.1, -0.05) is 23.7 Å². The standard InChI is InChI=1S/C18H18ClN3/c1-11-8-17-18(20-9-11)12(2)21-22(17)10-15-14(13-6-7-13)4-3-5-16(15)19/h3-5,8-9,13H,6-7,10H2,1-2H3. The van der Waals surface area contributed by atoms with Crippen LogP contribution in [0.4, 0.5) is 0 Å². The van der Waals surface area contributed by atoms with E-state index < -0.39 is 0 Å². The summed E-state index contributed by atoms with van der Waals surface area (Å²) < 4.78 is 2.04. The number of fused-ring (bicyclic) bond motifs is 1. The fraction of sp³-hybridized carbons (Fsp3) is 0.333. The molecule has 1 fully saturated rings. The molecule has 4 rings (SSSR count). The minimum absolute atomic E-state index is 0.677. The number of aryl methyl sites for hydroxylation is 2.